The maximum Gasteiger partial charge on any atom is 0.409 e. The highest BCUT2D eigenvalue weighted by Gasteiger charge is 2.15. The normalized spacial score (nSPS) is 22.5. The molecule has 1 N–H and O–H groups in total. The van der Waals surface area contributed by atoms with Gasteiger partial charge in [0.05, 0.1) is 6.61 Å². The summed E-state index contributed by atoms with van der Waals surface area (Å²) in [5.41, 5.74) is 0. The van der Waals surface area contributed by atoms with Gasteiger partial charge in [0.15, 0.2) is 0 Å². The van der Waals surface area contributed by atoms with Crippen LogP contribution in [0, 0.1) is 5.92 Å². The van der Waals surface area contributed by atoms with E-state index in [2.05, 4.69) is 5.32 Å². The Labute approximate surface area is 79.2 Å². The molecular weight excluding hydrogens is 168 g/mol. The van der Waals surface area contributed by atoms with Crippen LogP contribution >= 0.6 is 0 Å². The smallest absolute Gasteiger partial charge is 0.409 e. The Morgan fingerprint density at radius 1 is 1.62 bits per heavy atom. The van der Waals surface area contributed by atoms with Gasteiger partial charge in [-0.25, -0.2) is 4.79 Å². The third-order valence-electron chi connectivity index (χ3n) is 2.21. The summed E-state index contributed by atoms with van der Waals surface area (Å²) >= 11 is 0. The summed E-state index contributed by atoms with van der Waals surface area (Å²) in [4.78, 5) is 12.5. The standard InChI is InChI=1S/C9H18N2O2/c1-11(2)9(12)13-7-8-4-3-5-10-6-8/h8,10H,3-7H2,1-2H3. The molecule has 0 aromatic carbocycles. The van der Waals surface area contributed by atoms with Gasteiger partial charge >= 0.3 is 6.09 Å². The van der Waals surface area contributed by atoms with Crippen molar-refractivity contribution >= 4 is 6.09 Å². The van der Waals surface area contributed by atoms with Crippen LogP contribution in [0.5, 0.6) is 0 Å². The predicted molar refractivity (Wildman–Crippen MR) is 50.6 cm³/mol. The summed E-state index contributed by atoms with van der Waals surface area (Å²) in [5.74, 6) is 0.498. The van der Waals surface area contributed by atoms with Crippen molar-refractivity contribution in [3.05, 3.63) is 0 Å². The average molecular weight is 186 g/mol. The highest BCUT2D eigenvalue weighted by molar-refractivity contribution is 5.66. The molecule has 1 amide bonds. The Hall–Kier alpha value is -0.770. The van der Waals surface area contributed by atoms with Gasteiger partial charge in [-0.15, -0.1) is 0 Å². The van der Waals surface area contributed by atoms with Crippen molar-refractivity contribution in [2.45, 2.75) is 12.8 Å². The van der Waals surface area contributed by atoms with Crippen LogP contribution in [-0.2, 0) is 4.74 Å². The van der Waals surface area contributed by atoms with Crippen LogP contribution in [0.4, 0.5) is 4.79 Å². The fourth-order valence-corrected chi connectivity index (χ4v) is 1.38. The van der Waals surface area contributed by atoms with Gasteiger partial charge in [0.25, 0.3) is 0 Å². The monoisotopic (exact) mass is 186 g/mol. The van der Waals surface area contributed by atoms with E-state index in [1.165, 1.54) is 11.3 Å². The minimum Gasteiger partial charge on any atom is -0.449 e. The number of rotatable bonds is 2. The van der Waals surface area contributed by atoms with Gasteiger partial charge < -0.3 is 15.0 Å². The van der Waals surface area contributed by atoms with Crippen LogP contribution in [0.1, 0.15) is 12.8 Å². The van der Waals surface area contributed by atoms with E-state index in [0.29, 0.717) is 12.5 Å². The van der Waals surface area contributed by atoms with Crippen molar-refractivity contribution in [3.8, 4) is 0 Å². The number of hydrogen-bond donors (Lipinski definition) is 1. The lowest BCUT2D eigenvalue weighted by Gasteiger charge is -2.23. The lowest BCUT2D eigenvalue weighted by Crippen LogP contribution is -2.34. The molecule has 0 aliphatic carbocycles. The molecule has 1 unspecified atom stereocenters. The lowest BCUT2D eigenvalue weighted by atomic mass is 10.0. The summed E-state index contributed by atoms with van der Waals surface area (Å²) in [7, 11) is 3.39. The summed E-state index contributed by atoms with van der Waals surface area (Å²) in [6.45, 7) is 2.61. The van der Waals surface area contributed by atoms with Crippen molar-refractivity contribution < 1.29 is 9.53 Å². The van der Waals surface area contributed by atoms with Gasteiger partial charge in [0.1, 0.15) is 0 Å². The number of nitrogens with one attached hydrogen (secondary N) is 1. The molecule has 1 saturated heterocycles. The molecule has 1 fully saturated rings. The fraction of sp³-hybridized carbons (Fsp3) is 0.889. The number of amides is 1. The Kier molecular flexibility index (Phi) is 4.02. The van der Waals surface area contributed by atoms with E-state index in [1.807, 2.05) is 0 Å². The second-order valence-electron chi connectivity index (χ2n) is 3.68. The Bertz CT molecular complexity index is 165. The van der Waals surface area contributed by atoms with E-state index in [9.17, 15) is 4.79 Å². The topological polar surface area (TPSA) is 41.6 Å². The van der Waals surface area contributed by atoms with Gasteiger partial charge in [-0.1, -0.05) is 0 Å². The number of nitrogens with zero attached hydrogens (tertiary/aromatic N) is 1. The van der Waals surface area contributed by atoms with Crippen LogP contribution in [-0.4, -0.2) is 44.8 Å². The molecule has 0 spiro atoms. The second-order valence-corrected chi connectivity index (χ2v) is 3.68. The molecule has 0 radical (unpaired) electrons. The van der Waals surface area contributed by atoms with Gasteiger partial charge in [0.2, 0.25) is 0 Å². The minimum atomic E-state index is -0.245. The van der Waals surface area contributed by atoms with Crippen molar-refractivity contribution in [2.24, 2.45) is 5.92 Å². The second kappa shape index (κ2) is 5.07. The first-order valence-corrected chi connectivity index (χ1v) is 4.75. The first-order chi connectivity index (χ1) is 6.20. The number of hydrogen-bond acceptors (Lipinski definition) is 3. The maximum absolute atomic E-state index is 11.1. The van der Waals surface area contributed by atoms with Gasteiger partial charge in [0, 0.05) is 26.6 Å². The molecule has 4 heteroatoms. The number of carbonyl (C=O) groups is 1. The predicted octanol–water partition coefficient (Wildman–Crippen LogP) is 0.684. The summed E-state index contributed by atoms with van der Waals surface area (Å²) < 4.78 is 5.09. The zero-order valence-corrected chi connectivity index (χ0v) is 8.38. The van der Waals surface area contributed by atoms with Crippen LogP contribution in [0.15, 0.2) is 0 Å². The molecule has 1 rings (SSSR count). The molecule has 1 atom stereocenters. The zero-order chi connectivity index (χ0) is 9.68. The quantitative estimate of drug-likeness (QED) is 0.689. The SMILES string of the molecule is CN(C)C(=O)OCC1CCCNC1. The fourth-order valence-electron chi connectivity index (χ4n) is 1.38. The van der Waals surface area contributed by atoms with E-state index < -0.39 is 0 Å². The van der Waals surface area contributed by atoms with Gasteiger partial charge in [-0.3, -0.25) is 0 Å². The van der Waals surface area contributed by atoms with E-state index in [0.717, 1.165) is 19.5 Å². The van der Waals surface area contributed by atoms with E-state index in [4.69, 9.17) is 4.74 Å². The largest absolute Gasteiger partial charge is 0.449 e. The first-order valence-electron chi connectivity index (χ1n) is 4.75. The van der Waals surface area contributed by atoms with Crippen molar-refractivity contribution in [1.82, 2.24) is 10.2 Å². The Morgan fingerprint density at radius 2 is 2.38 bits per heavy atom. The minimum absolute atomic E-state index is 0.245. The molecule has 0 bridgehead atoms. The highest BCUT2D eigenvalue weighted by Crippen LogP contribution is 2.10. The molecule has 1 aliphatic heterocycles. The van der Waals surface area contributed by atoms with Crippen LogP contribution < -0.4 is 5.32 Å². The van der Waals surface area contributed by atoms with E-state index >= 15 is 0 Å². The first kappa shape index (κ1) is 10.3. The molecule has 0 aromatic heterocycles. The zero-order valence-electron chi connectivity index (χ0n) is 8.38. The van der Waals surface area contributed by atoms with Crippen LogP contribution in [0.3, 0.4) is 0 Å². The van der Waals surface area contributed by atoms with Gasteiger partial charge in [-0.05, 0) is 19.4 Å². The summed E-state index contributed by atoms with van der Waals surface area (Å²) in [5, 5.41) is 3.28. The Balaban J connectivity index is 2.13. The molecule has 0 aromatic rings. The molecule has 1 heterocycles. The number of carbonyl (C=O) groups excluding carboxylic acids is 1. The van der Waals surface area contributed by atoms with Crippen molar-refractivity contribution in [1.29, 1.82) is 0 Å². The number of piperidine rings is 1. The number of ether oxygens (including phenoxy) is 1. The van der Waals surface area contributed by atoms with E-state index in [-0.39, 0.29) is 6.09 Å². The van der Waals surface area contributed by atoms with Crippen LogP contribution in [0.25, 0.3) is 0 Å². The van der Waals surface area contributed by atoms with E-state index in [1.54, 1.807) is 14.1 Å². The third-order valence-corrected chi connectivity index (χ3v) is 2.21. The summed E-state index contributed by atoms with van der Waals surface area (Å²) in [6.07, 6.45) is 2.10. The Morgan fingerprint density at radius 3 is 2.92 bits per heavy atom. The maximum atomic E-state index is 11.1. The molecular formula is C9H18N2O2. The summed E-state index contributed by atoms with van der Waals surface area (Å²) in [6, 6.07) is 0. The lowest BCUT2D eigenvalue weighted by molar-refractivity contribution is 0.0959. The van der Waals surface area contributed by atoms with Gasteiger partial charge in [-0.2, -0.15) is 0 Å². The molecule has 4 nitrogen and oxygen atoms in total. The van der Waals surface area contributed by atoms with Crippen molar-refractivity contribution in [2.75, 3.05) is 33.8 Å². The average Bonchev–Trinajstić information content (AvgIpc) is 2.15. The molecule has 1 aliphatic rings. The van der Waals surface area contributed by atoms with Crippen molar-refractivity contribution in [3.63, 3.8) is 0 Å². The third kappa shape index (κ3) is 3.63. The van der Waals surface area contributed by atoms with Crippen LogP contribution in [0.2, 0.25) is 0 Å². The molecule has 13 heavy (non-hydrogen) atoms. The highest BCUT2D eigenvalue weighted by atomic mass is 16.6. The molecule has 76 valence electrons. The molecule has 0 saturated carbocycles.